The first-order valence-corrected chi connectivity index (χ1v) is 9.52. The third-order valence-electron chi connectivity index (χ3n) is 4.36. The van der Waals surface area contributed by atoms with Crippen LogP contribution in [0.15, 0.2) is 72.8 Å². The molecule has 0 saturated carbocycles. The molecule has 142 valence electrons. The van der Waals surface area contributed by atoms with Gasteiger partial charge in [0.15, 0.2) is 0 Å². The number of benzene rings is 3. The Balaban J connectivity index is 1.66. The quantitative estimate of drug-likeness (QED) is 0.597. The third kappa shape index (κ3) is 6.09. The van der Waals surface area contributed by atoms with Crippen LogP contribution in [0.1, 0.15) is 26.3 Å². The molecule has 0 bridgehead atoms. The van der Waals surface area contributed by atoms with Crippen molar-refractivity contribution in [1.82, 2.24) is 5.32 Å². The fraction of sp³-hybridized carbons (Fsp3) is 0.333. The summed E-state index contributed by atoms with van der Waals surface area (Å²) in [6.45, 7) is 8.30. The minimum Gasteiger partial charge on any atom is -0.490 e. The van der Waals surface area contributed by atoms with Gasteiger partial charge in [0, 0.05) is 17.5 Å². The lowest BCUT2D eigenvalue weighted by Gasteiger charge is -2.26. The van der Waals surface area contributed by atoms with Crippen LogP contribution in [0, 0.1) is 0 Å². The molecule has 0 aromatic heterocycles. The van der Waals surface area contributed by atoms with Crippen LogP contribution in [0.3, 0.4) is 0 Å². The molecule has 0 saturated heterocycles. The molecule has 0 aliphatic rings. The summed E-state index contributed by atoms with van der Waals surface area (Å²) in [5, 5.41) is 5.84. The molecule has 3 nitrogen and oxygen atoms in total. The predicted molar refractivity (Wildman–Crippen MR) is 112 cm³/mol. The van der Waals surface area contributed by atoms with Gasteiger partial charge in [0.1, 0.15) is 18.5 Å². The van der Waals surface area contributed by atoms with E-state index in [2.05, 4.69) is 56.4 Å². The Morgan fingerprint density at radius 2 is 1.56 bits per heavy atom. The summed E-state index contributed by atoms with van der Waals surface area (Å²) in [6.07, 6.45) is -0.0385. The van der Waals surface area contributed by atoms with E-state index in [1.54, 1.807) is 0 Å². The molecule has 0 fully saturated rings. The van der Waals surface area contributed by atoms with Crippen molar-refractivity contribution in [3.05, 3.63) is 78.4 Å². The summed E-state index contributed by atoms with van der Waals surface area (Å²) in [5.41, 5.74) is 1.21. The van der Waals surface area contributed by atoms with Gasteiger partial charge >= 0.3 is 0 Å². The molecule has 0 aliphatic carbocycles. The fourth-order valence-electron chi connectivity index (χ4n) is 2.88. The molecule has 1 unspecified atom stereocenters. The van der Waals surface area contributed by atoms with Crippen molar-refractivity contribution in [3.63, 3.8) is 0 Å². The molecule has 27 heavy (non-hydrogen) atoms. The zero-order valence-corrected chi connectivity index (χ0v) is 16.4. The summed E-state index contributed by atoms with van der Waals surface area (Å²) in [6, 6.07) is 24.7. The molecule has 0 amide bonds. The van der Waals surface area contributed by atoms with E-state index in [4.69, 9.17) is 9.47 Å². The fourth-order valence-corrected chi connectivity index (χ4v) is 2.88. The van der Waals surface area contributed by atoms with Crippen molar-refractivity contribution in [1.29, 1.82) is 0 Å². The number of nitrogens with one attached hydrogen (secondary N) is 1. The predicted octanol–water partition coefficient (Wildman–Crippen LogP) is 5.19. The van der Waals surface area contributed by atoms with Crippen LogP contribution in [0.4, 0.5) is 0 Å². The van der Waals surface area contributed by atoms with Gasteiger partial charge in [0.2, 0.25) is 0 Å². The van der Waals surface area contributed by atoms with Gasteiger partial charge in [-0.2, -0.15) is 0 Å². The summed E-state index contributed by atoms with van der Waals surface area (Å²) in [4.78, 5) is 0. The van der Waals surface area contributed by atoms with E-state index in [1.807, 2.05) is 42.5 Å². The number of ether oxygens (including phenoxy) is 2. The zero-order valence-electron chi connectivity index (χ0n) is 16.4. The zero-order chi connectivity index (χ0) is 19.1. The van der Waals surface area contributed by atoms with Crippen LogP contribution in [-0.2, 0) is 11.3 Å². The number of hydrogen-bond acceptors (Lipinski definition) is 3. The Kier molecular flexibility index (Phi) is 6.49. The Hall–Kier alpha value is -2.36. The van der Waals surface area contributed by atoms with Gasteiger partial charge in [0.05, 0.1) is 6.61 Å². The Morgan fingerprint density at radius 3 is 2.33 bits per heavy atom. The molecule has 1 N–H and O–H groups in total. The highest BCUT2D eigenvalue weighted by atomic mass is 16.5. The highest BCUT2D eigenvalue weighted by Gasteiger charge is 2.16. The highest BCUT2D eigenvalue weighted by Crippen LogP contribution is 2.25. The first kappa shape index (κ1) is 19.4. The van der Waals surface area contributed by atoms with Gasteiger partial charge < -0.3 is 14.8 Å². The first-order valence-electron chi connectivity index (χ1n) is 9.52. The van der Waals surface area contributed by atoms with Crippen LogP contribution in [0.5, 0.6) is 5.75 Å². The average molecular weight is 364 g/mol. The lowest BCUT2D eigenvalue weighted by molar-refractivity contribution is 0.00735. The smallest absolute Gasteiger partial charge is 0.127 e. The van der Waals surface area contributed by atoms with Crippen LogP contribution >= 0.6 is 0 Å². The largest absolute Gasteiger partial charge is 0.490 e. The van der Waals surface area contributed by atoms with Crippen molar-refractivity contribution in [2.24, 2.45) is 0 Å². The first-order chi connectivity index (χ1) is 13.0. The van der Waals surface area contributed by atoms with E-state index in [0.29, 0.717) is 13.2 Å². The monoisotopic (exact) mass is 363 g/mol. The molecular weight excluding hydrogens is 334 g/mol. The van der Waals surface area contributed by atoms with E-state index in [-0.39, 0.29) is 11.6 Å². The summed E-state index contributed by atoms with van der Waals surface area (Å²) in [5.74, 6) is 0.900. The van der Waals surface area contributed by atoms with Crippen molar-refractivity contribution in [2.75, 3.05) is 13.2 Å². The van der Waals surface area contributed by atoms with E-state index in [1.165, 1.54) is 10.9 Å². The number of hydrogen-bond donors (Lipinski definition) is 1. The van der Waals surface area contributed by atoms with Crippen molar-refractivity contribution >= 4 is 10.8 Å². The third-order valence-corrected chi connectivity index (χ3v) is 4.36. The minimum atomic E-state index is -0.0385. The average Bonchev–Trinajstić information content (AvgIpc) is 2.67. The van der Waals surface area contributed by atoms with Gasteiger partial charge in [-0.05, 0) is 37.8 Å². The molecule has 3 aromatic rings. The second-order valence-electron chi connectivity index (χ2n) is 7.84. The van der Waals surface area contributed by atoms with Crippen LogP contribution < -0.4 is 10.1 Å². The molecular formula is C24H29NO2. The Bertz CT molecular complexity index is 834. The van der Waals surface area contributed by atoms with Crippen LogP contribution in [0.25, 0.3) is 10.8 Å². The van der Waals surface area contributed by atoms with Gasteiger partial charge in [-0.1, -0.05) is 66.7 Å². The molecule has 1 atom stereocenters. The molecule has 0 heterocycles. The topological polar surface area (TPSA) is 30.5 Å². The maximum Gasteiger partial charge on any atom is 0.127 e. The standard InChI is InChI=1S/C24H29NO2/c1-24(2,3)25-16-21(26-17-19-10-5-4-6-11-19)18-27-23-15-9-13-20-12-7-8-14-22(20)23/h4-15,21,25H,16-18H2,1-3H3. The highest BCUT2D eigenvalue weighted by molar-refractivity contribution is 5.88. The lowest BCUT2D eigenvalue weighted by atomic mass is 10.1. The normalized spacial score (nSPS) is 12.9. The molecule has 3 rings (SSSR count). The van der Waals surface area contributed by atoms with Crippen molar-refractivity contribution < 1.29 is 9.47 Å². The van der Waals surface area contributed by atoms with E-state index in [9.17, 15) is 0 Å². The molecule has 3 aromatic carbocycles. The van der Waals surface area contributed by atoms with E-state index < -0.39 is 0 Å². The van der Waals surface area contributed by atoms with Gasteiger partial charge in [0.25, 0.3) is 0 Å². The minimum absolute atomic E-state index is 0.0355. The number of rotatable bonds is 8. The lowest BCUT2D eigenvalue weighted by Crippen LogP contribution is -2.43. The molecule has 0 radical (unpaired) electrons. The number of fused-ring (bicyclic) bond motifs is 1. The van der Waals surface area contributed by atoms with Gasteiger partial charge in [-0.25, -0.2) is 0 Å². The van der Waals surface area contributed by atoms with Gasteiger partial charge in [-0.3, -0.25) is 0 Å². The molecule has 0 aliphatic heterocycles. The maximum absolute atomic E-state index is 6.17. The van der Waals surface area contributed by atoms with Crippen LogP contribution in [0.2, 0.25) is 0 Å². The maximum atomic E-state index is 6.17. The second kappa shape index (κ2) is 9.03. The van der Waals surface area contributed by atoms with E-state index >= 15 is 0 Å². The van der Waals surface area contributed by atoms with Crippen molar-refractivity contribution in [2.45, 2.75) is 39.0 Å². The summed E-state index contributed by atoms with van der Waals surface area (Å²) in [7, 11) is 0. The van der Waals surface area contributed by atoms with Crippen LogP contribution in [-0.4, -0.2) is 24.8 Å². The van der Waals surface area contributed by atoms with Crippen molar-refractivity contribution in [3.8, 4) is 5.75 Å². The SMILES string of the molecule is CC(C)(C)NCC(COc1cccc2ccccc12)OCc1ccccc1. The van der Waals surface area contributed by atoms with Gasteiger partial charge in [-0.15, -0.1) is 0 Å². The Morgan fingerprint density at radius 1 is 0.852 bits per heavy atom. The van der Waals surface area contributed by atoms with E-state index in [0.717, 1.165) is 17.7 Å². The second-order valence-corrected chi connectivity index (χ2v) is 7.84. The summed E-state index contributed by atoms with van der Waals surface area (Å²) >= 11 is 0. The molecule has 3 heteroatoms. The summed E-state index contributed by atoms with van der Waals surface area (Å²) < 4.78 is 12.3. The Labute approximate surface area is 162 Å². The molecule has 0 spiro atoms.